The second-order valence-electron chi connectivity index (χ2n) is 9.33. The number of benzene rings is 1. The van der Waals surface area contributed by atoms with E-state index in [0.29, 0.717) is 23.0 Å². The van der Waals surface area contributed by atoms with Gasteiger partial charge >= 0.3 is 12.1 Å². The average molecular weight is 482 g/mol. The number of aromatic nitrogens is 1. The van der Waals surface area contributed by atoms with Crippen LogP contribution in [-0.2, 0) is 15.7 Å². The summed E-state index contributed by atoms with van der Waals surface area (Å²) < 4.78 is 44.6. The van der Waals surface area contributed by atoms with Gasteiger partial charge in [0.2, 0.25) is 0 Å². The number of carbonyl (C=O) groups is 1. The van der Waals surface area contributed by atoms with Gasteiger partial charge in [-0.25, -0.2) is 4.79 Å². The molecule has 2 heterocycles. The Labute approximate surface area is 204 Å². The number of ether oxygens (including phenoxy) is 1. The molecule has 0 N–H and O–H groups in total. The van der Waals surface area contributed by atoms with Crippen molar-refractivity contribution in [2.24, 2.45) is 17.8 Å². The van der Waals surface area contributed by atoms with Crippen molar-refractivity contribution in [3.05, 3.63) is 84.2 Å². The maximum Gasteiger partial charge on any atom is 0.416 e. The van der Waals surface area contributed by atoms with E-state index in [1.165, 1.54) is 18.9 Å². The third-order valence-electron chi connectivity index (χ3n) is 7.36. The van der Waals surface area contributed by atoms with E-state index in [9.17, 15) is 18.0 Å². The first-order valence-electron chi connectivity index (χ1n) is 12.1. The Morgan fingerprint density at radius 2 is 1.86 bits per heavy atom. The summed E-state index contributed by atoms with van der Waals surface area (Å²) in [5.41, 5.74) is 3.18. The number of cyclic esters (lactones) is 1. The van der Waals surface area contributed by atoms with Crippen molar-refractivity contribution in [2.45, 2.75) is 51.3 Å². The summed E-state index contributed by atoms with van der Waals surface area (Å²) in [5, 5.41) is 0. The average Bonchev–Trinajstić information content (AvgIpc) is 3.16. The van der Waals surface area contributed by atoms with Crippen LogP contribution in [0.15, 0.2) is 73.0 Å². The first kappa shape index (κ1) is 25.0. The molecule has 4 unspecified atom stereocenters. The molecule has 0 amide bonds. The summed E-state index contributed by atoms with van der Waals surface area (Å²) in [7, 11) is 0. The third kappa shape index (κ3) is 5.12. The highest BCUT2D eigenvalue weighted by Crippen LogP contribution is 2.50. The Hall–Kier alpha value is -3.15. The number of allylic oxidation sites excluding steroid dienone is 1. The van der Waals surface area contributed by atoms with E-state index < -0.39 is 11.7 Å². The Bertz CT molecular complexity index is 1130. The number of pyridine rings is 1. The third-order valence-corrected chi connectivity index (χ3v) is 7.36. The van der Waals surface area contributed by atoms with Gasteiger partial charge in [0.25, 0.3) is 0 Å². The summed E-state index contributed by atoms with van der Waals surface area (Å²) >= 11 is 0. The Morgan fingerprint density at radius 1 is 1.09 bits per heavy atom. The van der Waals surface area contributed by atoms with E-state index in [-0.39, 0.29) is 18.0 Å². The van der Waals surface area contributed by atoms with Crippen LogP contribution < -0.4 is 0 Å². The molecule has 2 aromatic rings. The van der Waals surface area contributed by atoms with Gasteiger partial charge in [-0.15, -0.1) is 13.2 Å². The van der Waals surface area contributed by atoms with Crippen LogP contribution in [0.3, 0.4) is 0 Å². The lowest BCUT2D eigenvalue weighted by Gasteiger charge is -2.40. The van der Waals surface area contributed by atoms with Gasteiger partial charge in [-0.1, -0.05) is 37.1 Å². The zero-order chi connectivity index (χ0) is 25.2. The largest absolute Gasteiger partial charge is 0.455 e. The first-order valence-corrected chi connectivity index (χ1v) is 12.1. The van der Waals surface area contributed by atoms with Crippen LogP contribution in [0.1, 0.15) is 50.3 Å². The normalized spacial score (nSPS) is 26.0. The summed E-state index contributed by atoms with van der Waals surface area (Å²) in [6.07, 6.45) is 6.72. The molecule has 35 heavy (non-hydrogen) atoms. The Balaban J connectivity index is 0.00000141. The van der Waals surface area contributed by atoms with Crippen molar-refractivity contribution in [1.82, 2.24) is 4.98 Å². The minimum absolute atomic E-state index is 0.158. The zero-order valence-electron chi connectivity index (χ0n) is 19.9. The molecular formula is C29H30F3NO2. The standard InChI is InChI=1S/C27H26F3NO2.C2H4/c1-16-25-23(22-8-3-2-5-18(22)14-24(25)26(32)33-16)12-11-21-10-9-19(15-31-21)17-6-4-7-20(13-17)27(28,29)30;1-2/h4,6-7,9-13,15-16,18,22-23H,2-3,5,8,14H2,1H3;1-2H2/b12-11+;. The molecule has 1 saturated carbocycles. The number of hydrogen-bond donors (Lipinski definition) is 0. The van der Waals surface area contributed by atoms with Gasteiger partial charge in [-0.05, 0) is 73.4 Å². The molecule has 3 nitrogen and oxygen atoms in total. The molecule has 1 aromatic carbocycles. The molecule has 3 aliphatic rings. The highest BCUT2D eigenvalue weighted by atomic mass is 19.4. The predicted molar refractivity (Wildman–Crippen MR) is 131 cm³/mol. The fourth-order valence-corrected chi connectivity index (χ4v) is 5.79. The Kier molecular flexibility index (Phi) is 7.29. The van der Waals surface area contributed by atoms with E-state index in [1.807, 2.05) is 19.1 Å². The summed E-state index contributed by atoms with van der Waals surface area (Å²) in [5.74, 6) is 1.02. The van der Waals surface area contributed by atoms with Gasteiger partial charge in [0.05, 0.1) is 11.3 Å². The van der Waals surface area contributed by atoms with E-state index in [2.05, 4.69) is 24.2 Å². The molecular weight excluding hydrogens is 451 g/mol. The fraction of sp³-hybridized carbons (Fsp3) is 0.379. The smallest absolute Gasteiger partial charge is 0.416 e. The molecule has 6 heteroatoms. The van der Waals surface area contributed by atoms with Gasteiger partial charge in [-0.3, -0.25) is 4.98 Å². The Morgan fingerprint density at radius 3 is 2.57 bits per heavy atom. The predicted octanol–water partition coefficient (Wildman–Crippen LogP) is 7.65. The van der Waals surface area contributed by atoms with Crippen LogP contribution in [0.2, 0.25) is 0 Å². The zero-order valence-corrected chi connectivity index (χ0v) is 19.9. The van der Waals surface area contributed by atoms with Crippen molar-refractivity contribution >= 4 is 12.0 Å². The van der Waals surface area contributed by atoms with Crippen molar-refractivity contribution in [3.8, 4) is 11.1 Å². The number of halogens is 3. The topological polar surface area (TPSA) is 39.2 Å². The molecule has 1 aromatic heterocycles. The second-order valence-corrected chi connectivity index (χ2v) is 9.33. The molecule has 4 atom stereocenters. The number of rotatable bonds is 3. The summed E-state index contributed by atoms with van der Waals surface area (Å²) in [6.45, 7) is 7.95. The quantitative estimate of drug-likeness (QED) is 0.334. The number of alkyl halides is 3. The molecule has 0 spiro atoms. The van der Waals surface area contributed by atoms with E-state index in [0.717, 1.165) is 48.2 Å². The lowest BCUT2D eigenvalue weighted by molar-refractivity contribution is -0.139. The number of nitrogens with zero attached hydrogens (tertiary/aromatic N) is 1. The van der Waals surface area contributed by atoms with Crippen molar-refractivity contribution in [1.29, 1.82) is 0 Å². The highest BCUT2D eigenvalue weighted by molar-refractivity contribution is 5.93. The minimum atomic E-state index is -4.38. The van der Waals surface area contributed by atoms with E-state index >= 15 is 0 Å². The van der Waals surface area contributed by atoms with Crippen LogP contribution in [0.4, 0.5) is 13.2 Å². The van der Waals surface area contributed by atoms with Crippen LogP contribution >= 0.6 is 0 Å². The lowest BCUT2D eigenvalue weighted by atomic mass is 9.63. The molecule has 0 saturated heterocycles. The highest BCUT2D eigenvalue weighted by Gasteiger charge is 2.45. The van der Waals surface area contributed by atoms with Crippen LogP contribution in [0.5, 0.6) is 0 Å². The van der Waals surface area contributed by atoms with Crippen LogP contribution in [0.25, 0.3) is 17.2 Å². The van der Waals surface area contributed by atoms with Crippen LogP contribution in [0, 0.1) is 17.8 Å². The van der Waals surface area contributed by atoms with Crippen molar-refractivity contribution in [3.63, 3.8) is 0 Å². The molecule has 1 fully saturated rings. The molecule has 0 bridgehead atoms. The lowest BCUT2D eigenvalue weighted by Crippen LogP contribution is -2.33. The molecule has 5 rings (SSSR count). The van der Waals surface area contributed by atoms with E-state index in [4.69, 9.17) is 4.74 Å². The summed E-state index contributed by atoms with van der Waals surface area (Å²) in [6, 6.07) is 8.89. The molecule has 1 aliphatic heterocycles. The SMILES string of the molecule is C=C.CC1OC(=O)C2=C1C(/C=C/c1ccc(-c3cccc(C(F)(F)F)c3)cn1)C1CCCCC1C2. The van der Waals surface area contributed by atoms with Gasteiger partial charge in [-0.2, -0.15) is 13.2 Å². The van der Waals surface area contributed by atoms with E-state index in [1.54, 1.807) is 18.3 Å². The van der Waals surface area contributed by atoms with Gasteiger partial charge in [0.1, 0.15) is 6.10 Å². The van der Waals surface area contributed by atoms with Crippen molar-refractivity contribution in [2.75, 3.05) is 0 Å². The molecule has 0 radical (unpaired) electrons. The number of carbonyl (C=O) groups excluding carboxylic acids is 1. The van der Waals surface area contributed by atoms with Crippen LogP contribution in [-0.4, -0.2) is 17.1 Å². The van der Waals surface area contributed by atoms with Crippen molar-refractivity contribution < 1.29 is 22.7 Å². The number of fused-ring (bicyclic) bond motifs is 1. The fourth-order valence-electron chi connectivity index (χ4n) is 5.79. The monoisotopic (exact) mass is 481 g/mol. The first-order chi connectivity index (χ1) is 16.8. The van der Waals surface area contributed by atoms with Gasteiger partial charge < -0.3 is 4.74 Å². The number of hydrogen-bond acceptors (Lipinski definition) is 3. The second kappa shape index (κ2) is 10.2. The molecule has 2 aliphatic carbocycles. The van der Waals surface area contributed by atoms with Gasteiger partial charge in [0, 0.05) is 23.3 Å². The molecule has 184 valence electrons. The summed E-state index contributed by atoms with van der Waals surface area (Å²) in [4.78, 5) is 16.9. The maximum atomic E-state index is 13.0. The van der Waals surface area contributed by atoms with Gasteiger partial charge in [0.15, 0.2) is 0 Å². The minimum Gasteiger partial charge on any atom is -0.455 e. The number of esters is 1. The maximum absolute atomic E-state index is 13.0.